The van der Waals surface area contributed by atoms with Crippen LogP contribution in [0.4, 0.5) is 11.8 Å². The molecule has 1 fully saturated rings. The van der Waals surface area contributed by atoms with Crippen LogP contribution in [0.3, 0.4) is 0 Å². The zero-order chi connectivity index (χ0) is 24.3. The standard InChI is InChI=1S/C25H33N7O2/c1-16-15-34-14-13-30(16)21-19-11-12-20(25(5,33)24(2,3)4)32(19)29-23(28-21)31-18-10-8-7-9-17(18)27-22(31)26-6/h7-12,16,33H,13-15H2,1-6H3,(H,26,27)/t16-,25?/m1/s1. The molecule has 0 radical (unpaired) electrons. The van der Waals surface area contributed by atoms with E-state index in [9.17, 15) is 5.11 Å². The maximum absolute atomic E-state index is 11.6. The molecule has 1 saturated heterocycles. The second-order valence-electron chi connectivity index (χ2n) is 10.2. The number of benzene rings is 1. The lowest BCUT2D eigenvalue weighted by Gasteiger charge is -2.37. The third-order valence-corrected chi connectivity index (χ3v) is 7.06. The van der Waals surface area contributed by atoms with Crippen molar-refractivity contribution in [1.82, 2.24) is 24.1 Å². The first kappa shape index (κ1) is 22.6. The van der Waals surface area contributed by atoms with Gasteiger partial charge in [-0.1, -0.05) is 32.9 Å². The number of aliphatic hydroxyl groups is 1. The predicted molar refractivity (Wildman–Crippen MR) is 134 cm³/mol. The number of anilines is 2. The zero-order valence-electron chi connectivity index (χ0n) is 20.7. The van der Waals surface area contributed by atoms with Gasteiger partial charge in [0.2, 0.25) is 5.95 Å². The molecule has 0 aliphatic carbocycles. The van der Waals surface area contributed by atoms with Gasteiger partial charge in [-0.3, -0.25) is 0 Å². The quantitative estimate of drug-likeness (QED) is 0.478. The summed E-state index contributed by atoms with van der Waals surface area (Å²) >= 11 is 0. The molecule has 1 aliphatic heterocycles. The molecule has 1 aromatic carbocycles. The number of nitrogens with zero attached hydrogens (tertiary/aromatic N) is 6. The highest BCUT2D eigenvalue weighted by Gasteiger charge is 2.40. The van der Waals surface area contributed by atoms with Gasteiger partial charge in [-0.05, 0) is 43.5 Å². The van der Waals surface area contributed by atoms with Crippen LogP contribution in [0.1, 0.15) is 40.3 Å². The van der Waals surface area contributed by atoms with Gasteiger partial charge in [-0.15, -0.1) is 5.10 Å². The minimum atomic E-state index is -1.12. The maximum atomic E-state index is 11.6. The van der Waals surface area contributed by atoms with E-state index in [2.05, 4.69) is 17.1 Å². The molecule has 4 heterocycles. The van der Waals surface area contributed by atoms with Crippen LogP contribution in [0.5, 0.6) is 0 Å². The second-order valence-corrected chi connectivity index (χ2v) is 10.2. The van der Waals surface area contributed by atoms with E-state index in [4.69, 9.17) is 19.8 Å². The number of imidazole rings is 1. The fraction of sp³-hybridized carbons (Fsp3) is 0.480. The van der Waals surface area contributed by atoms with Crippen molar-refractivity contribution in [3.8, 4) is 5.95 Å². The first-order chi connectivity index (χ1) is 16.1. The summed E-state index contributed by atoms with van der Waals surface area (Å²) in [5.74, 6) is 1.95. The number of ether oxygens (including phenoxy) is 1. The van der Waals surface area contributed by atoms with Gasteiger partial charge in [0, 0.05) is 13.6 Å². The summed E-state index contributed by atoms with van der Waals surface area (Å²) < 4.78 is 9.47. The fourth-order valence-electron chi connectivity index (χ4n) is 4.47. The number of para-hydroxylation sites is 2. The highest BCUT2D eigenvalue weighted by Crippen LogP contribution is 2.40. The number of rotatable bonds is 4. The van der Waals surface area contributed by atoms with Crippen molar-refractivity contribution in [1.29, 1.82) is 0 Å². The Morgan fingerprint density at radius 3 is 2.53 bits per heavy atom. The lowest BCUT2D eigenvalue weighted by Crippen LogP contribution is -2.44. The van der Waals surface area contributed by atoms with Gasteiger partial charge in [0.25, 0.3) is 5.95 Å². The van der Waals surface area contributed by atoms with Gasteiger partial charge < -0.3 is 20.1 Å². The lowest BCUT2D eigenvalue weighted by atomic mass is 9.76. The molecule has 0 spiro atoms. The van der Waals surface area contributed by atoms with Gasteiger partial charge in [0.05, 0.1) is 36.0 Å². The lowest BCUT2D eigenvalue weighted by molar-refractivity contribution is -0.0519. The molecule has 0 bridgehead atoms. The van der Waals surface area contributed by atoms with Crippen LogP contribution >= 0.6 is 0 Å². The van der Waals surface area contributed by atoms with E-state index in [-0.39, 0.29) is 6.04 Å². The number of aromatic nitrogens is 5. The Labute approximate surface area is 199 Å². The fourth-order valence-corrected chi connectivity index (χ4v) is 4.47. The summed E-state index contributed by atoms with van der Waals surface area (Å²) in [6.07, 6.45) is 0. The summed E-state index contributed by atoms with van der Waals surface area (Å²) in [7, 11) is 1.84. The third-order valence-electron chi connectivity index (χ3n) is 7.06. The van der Waals surface area contributed by atoms with E-state index in [1.807, 2.05) is 80.2 Å². The first-order valence-electron chi connectivity index (χ1n) is 11.8. The molecule has 5 rings (SSSR count). The van der Waals surface area contributed by atoms with Crippen molar-refractivity contribution >= 4 is 28.3 Å². The molecular weight excluding hydrogens is 430 g/mol. The smallest absolute Gasteiger partial charge is 0.257 e. The molecule has 2 atom stereocenters. The average Bonchev–Trinajstić information content (AvgIpc) is 3.39. The molecule has 2 N–H and O–H groups in total. The highest BCUT2D eigenvalue weighted by molar-refractivity contribution is 5.81. The van der Waals surface area contributed by atoms with Crippen molar-refractivity contribution < 1.29 is 9.84 Å². The summed E-state index contributed by atoms with van der Waals surface area (Å²) in [6.45, 7) is 12.1. The van der Waals surface area contributed by atoms with Crippen LogP contribution in [-0.4, -0.2) is 62.1 Å². The molecule has 3 aromatic heterocycles. The minimum absolute atomic E-state index is 0.157. The van der Waals surface area contributed by atoms with Crippen molar-refractivity contribution in [2.75, 3.05) is 37.0 Å². The Bertz CT molecular complexity index is 1350. The van der Waals surface area contributed by atoms with Crippen LogP contribution in [0.15, 0.2) is 36.4 Å². The van der Waals surface area contributed by atoms with Gasteiger partial charge in [0.15, 0.2) is 5.82 Å². The summed E-state index contributed by atoms with van der Waals surface area (Å²) in [4.78, 5) is 12.1. The predicted octanol–water partition coefficient (Wildman–Crippen LogP) is 3.59. The van der Waals surface area contributed by atoms with E-state index in [0.717, 1.165) is 34.6 Å². The number of hydrogen-bond acceptors (Lipinski definition) is 7. The van der Waals surface area contributed by atoms with Crippen molar-refractivity contribution in [3.05, 3.63) is 42.1 Å². The monoisotopic (exact) mass is 463 g/mol. The van der Waals surface area contributed by atoms with Crippen LogP contribution < -0.4 is 10.2 Å². The van der Waals surface area contributed by atoms with Crippen LogP contribution in [0.25, 0.3) is 22.5 Å². The number of nitrogens with one attached hydrogen (secondary N) is 1. The topological polar surface area (TPSA) is 92.7 Å². The summed E-state index contributed by atoms with van der Waals surface area (Å²) in [5.41, 5.74) is 1.80. The molecule has 9 heteroatoms. The van der Waals surface area contributed by atoms with Crippen LogP contribution in [-0.2, 0) is 10.3 Å². The minimum Gasteiger partial charge on any atom is -0.383 e. The van der Waals surface area contributed by atoms with Crippen LogP contribution in [0, 0.1) is 5.41 Å². The summed E-state index contributed by atoms with van der Waals surface area (Å²) in [6, 6.07) is 12.0. The van der Waals surface area contributed by atoms with Crippen molar-refractivity contribution in [3.63, 3.8) is 0 Å². The highest BCUT2D eigenvalue weighted by atomic mass is 16.5. The van der Waals surface area contributed by atoms with E-state index >= 15 is 0 Å². The largest absolute Gasteiger partial charge is 0.383 e. The number of fused-ring (bicyclic) bond motifs is 2. The number of morpholine rings is 1. The van der Waals surface area contributed by atoms with Gasteiger partial charge >= 0.3 is 0 Å². The Kier molecular flexibility index (Phi) is 5.29. The molecular formula is C25H33N7O2. The van der Waals surface area contributed by atoms with Gasteiger partial charge in [0.1, 0.15) is 11.1 Å². The molecule has 9 nitrogen and oxygen atoms in total. The van der Waals surface area contributed by atoms with E-state index in [1.54, 1.807) is 0 Å². The Morgan fingerprint density at radius 1 is 1.06 bits per heavy atom. The Balaban J connectivity index is 1.83. The molecule has 0 saturated carbocycles. The molecule has 1 unspecified atom stereocenters. The summed E-state index contributed by atoms with van der Waals surface area (Å²) in [5, 5.41) is 19.8. The van der Waals surface area contributed by atoms with Crippen LogP contribution in [0.2, 0.25) is 0 Å². The van der Waals surface area contributed by atoms with Crippen molar-refractivity contribution in [2.45, 2.75) is 46.3 Å². The molecule has 0 amide bonds. The zero-order valence-corrected chi connectivity index (χ0v) is 20.7. The normalized spacial score (nSPS) is 19.0. The Hall–Kier alpha value is -3.17. The SMILES string of the molecule is CNc1nc2ccccc2n1-c1nc(N2CCOC[C@H]2C)c2ccc(C(C)(O)C(C)(C)C)n2n1. The van der Waals surface area contributed by atoms with Gasteiger partial charge in [-0.2, -0.15) is 4.98 Å². The molecule has 4 aromatic rings. The van der Waals surface area contributed by atoms with E-state index in [1.165, 1.54) is 0 Å². The Morgan fingerprint density at radius 2 is 1.82 bits per heavy atom. The second kappa shape index (κ2) is 7.95. The van der Waals surface area contributed by atoms with E-state index < -0.39 is 11.0 Å². The molecule has 1 aliphatic rings. The average molecular weight is 464 g/mol. The first-order valence-corrected chi connectivity index (χ1v) is 11.8. The van der Waals surface area contributed by atoms with Gasteiger partial charge in [-0.25, -0.2) is 14.1 Å². The molecule has 180 valence electrons. The number of hydrogen-bond donors (Lipinski definition) is 2. The molecule has 34 heavy (non-hydrogen) atoms. The van der Waals surface area contributed by atoms with Crippen molar-refractivity contribution in [2.24, 2.45) is 5.41 Å². The maximum Gasteiger partial charge on any atom is 0.257 e. The van der Waals surface area contributed by atoms with E-state index in [0.29, 0.717) is 25.1 Å². The third kappa shape index (κ3) is 3.42.